The third-order valence-corrected chi connectivity index (χ3v) is 4.04. The molecule has 134 valence electrons. The van der Waals surface area contributed by atoms with Crippen molar-refractivity contribution in [1.29, 1.82) is 0 Å². The van der Waals surface area contributed by atoms with Gasteiger partial charge in [-0.05, 0) is 29.8 Å². The van der Waals surface area contributed by atoms with Crippen LogP contribution >= 0.6 is 0 Å². The Bertz CT molecular complexity index is 859. The van der Waals surface area contributed by atoms with E-state index in [0.717, 1.165) is 11.1 Å². The number of rotatable bonds is 7. The number of nitrogens with one attached hydrogen (secondary N) is 1. The van der Waals surface area contributed by atoms with Crippen LogP contribution in [0.4, 0.5) is 0 Å². The molecular weight excluding hydrogens is 330 g/mol. The van der Waals surface area contributed by atoms with E-state index in [2.05, 4.69) is 10.4 Å². The Morgan fingerprint density at radius 1 is 1.08 bits per heavy atom. The average molecular weight is 351 g/mol. The molecule has 6 nitrogen and oxygen atoms in total. The van der Waals surface area contributed by atoms with Gasteiger partial charge < -0.3 is 14.8 Å². The molecule has 2 aromatic carbocycles. The molecule has 0 aliphatic rings. The maximum absolute atomic E-state index is 12.4. The topological polar surface area (TPSA) is 65.4 Å². The van der Waals surface area contributed by atoms with Crippen molar-refractivity contribution >= 4 is 5.91 Å². The zero-order valence-electron chi connectivity index (χ0n) is 14.8. The molecule has 1 heterocycles. The van der Waals surface area contributed by atoms with Crippen molar-refractivity contribution in [3.8, 4) is 11.5 Å². The third-order valence-electron chi connectivity index (χ3n) is 4.04. The van der Waals surface area contributed by atoms with Crippen molar-refractivity contribution < 1.29 is 14.3 Å². The Hall–Kier alpha value is -3.28. The number of carbonyl (C=O) groups excluding carboxylic acids is 1. The summed E-state index contributed by atoms with van der Waals surface area (Å²) < 4.78 is 12.5. The van der Waals surface area contributed by atoms with E-state index in [0.29, 0.717) is 30.2 Å². The highest BCUT2D eigenvalue weighted by Crippen LogP contribution is 2.30. The van der Waals surface area contributed by atoms with E-state index >= 15 is 0 Å². The Morgan fingerprint density at radius 3 is 2.54 bits per heavy atom. The Balaban J connectivity index is 1.63. The van der Waals surface area contributed by atoms with Gasteiger partial charge in [-0.1, -0.05) is 24.3 Å². The van der Waals surface area contributed by atoms with E-state index in [4.69, 9.17) is 9.47 Å². The first-order valence-corrected chi connectivity index (χ1v) is 8.25. The van der Waals surface area contributed by atoms with Crippen molar-refractivity contribution in [2.24, 2.45) is 0 Å². The summed E-state index contributed by atoms with van der Waals surface area (Å²) in [4.78, 5) is 12.4. The zero-order valence-corrected chi connectivity index (χ0v) is 14.8. The Labute approximate surface area is 152 Å². The molecule has 1 aromatic heterocycles. The van der Waals surface area contributed by atoms with Gasteiger partial charge in [-0.15, -0.1) is 0 Å². The number of para-hydroxylation sites is 1. The van der Waals surface area contributed by atoms with Crippen molar-refractivity contribution in [2.45, 2.75) is 13.1 Å². The molecule has 0 unspecified atom stereocenters. The number of ether oxygens (including phenoxy) is 2. The number of amides is 1. The van der Waals surface area contributed by atoms with Gasteiger partial charge in [-0.3, -0.25) is 9.48 Å². The largest absolute Gasteiger partial charge is 0.493 e. The minimum absolute atomic E-state index is 0.138. The van der Waals surface area contributed by atoms with Crippen LogP contribution in [-0.2, 0) is 13.1 Å². The minimum atomic E-state index is -0.138. The molecular formula is C20H21N3O3. The van der Waals surface area contributed by atoms with Crippen molar-refractivity contribution in [3.63, 3.8) is 0 Å². The lowest BCUT2D eigenvalue weighted by Crippen LogP contribution is -2.23. The molecule has 0 saturated heterocycles. The summed E-state index contributed by atoms with van der Waals surface area (Å²) in [6.45, 7) is 1.03. The molecule has 6 heteroatoms. The number of hydrogen-bond donors (Lipinski definition) is 1. The highest BCUT2D eigenvalue weighted by Gasteiger charge is 2.11. The van der Waals surface area contributed by atoms with Crippen molar-refractivity contribution in [2.75, 3.05) is 14.2 Å². The lowest BCUT2D eigenvalue weighted by Gasteiger charge is -2.13. The summed E-state index contributed by atoms with van der Waals surface area (Å²) in [5.41, 5.74) is 2.55. The normalized spacial score (nSPS) is 10.4. The second-order valence-electron chi connectivity index (χ2n) is 5.74. The van der Waals surface area contributed by atoms with Crippen molar-refractivity contribution in [3.05, 3.63) is 77.6 Å². The predicted octanol–water partition coefficient (Wildman–Crippen LogP) is 2.88. The van der Waals surface area contributed by atoms with Gasteiger partial charge >= 0.3 is 0 Å². The molecule has 3 rings (SSSR count). The smallest absolute Gasteiger partial charge is 0.251 e. The number of hydrogen-bond acceptors (Lipinski definition) is 4. The molecule has 0 radical (unpaired) electrons. The van der Waals surface area contributed by atoms with Crippen LogP contribution in [0.25, 0.3) is 0 Å². The van der Waals surface area contributed by atoms with E-state index < -0.39 is 0 Å². The van der Waals surface area contributed by atoms with Crippen molar-refractivity contribution in [1.82, 2.24) is 15.1 Å². The summed E-state index contributed by atoms with van der Waals surface area (Å²) in [6.07, 6.45) is 3.65. The maximum Gasteiger partial charge on any atom is 0.251 e. The number of aromatic nitrogens is 2. The summed E-state index contributed by atoms with van der Waals surface area (Å²) >= 11 is 0. The van der Waals surface area contributed by atoms with Crippen LogP contribution in [0.1, 0.15) is 21.5 Å². The summed E-state index contributed by atoms with van der Waals surface area (Å²) in [7, 11) is 3.17. The first-order chi connectivity index (χ1) is 12.7. The third kappa shape index (κ3) is 4.03. The van der Waals surface area contributed by atoms with E-state index in [1.165, 1.54) is 0 Å². The fourth-order valence-corrected chi connectivity index (χ4v) is 2.71. The highest BCUT2D eigenvalue weighted by molar-refractivity contribution is 5.94. The van der Waals surface area contributed by atoms with Gasteiger partial charge in [0.05, 0.1) is 20.8 Å². The fourth-order valence-electron chi connectivity index (χ4n) is 2.71. The highest BCUT2D eigenvalue weighted by atomic mass is 16.5. The van der Waals surface area contributed by atoms with Gasteiger partial charge in [-0.25, -0.2) is 0 Å². The number of benzene rings is 2. The average Bonchev–Trinajstić information content (AvgIpc) is 3.19. The van der Waals surface area contributed by atoms with E-state index in [9.17, 15) is 4.79 Å². The zero-order chi connectivity index (χ0) is 18.4. The van der Waals surface area contributed by atoms with E-state index in [1.54, 1.807) is 20.4 Å². The van der Waals surface area contributed by atoms with E-state index in [-0.39, 0.29) is 5.91 Å². The molecule has 1 amide bonds. The van der Waals surface area contributed by atoms with Crippen LogP contribution in [0.3, 0.4) is 0 Å². The number of carbonyl (C=O) groups is 1. The molecule has 0 spiro atoms. The maximum atomic E-state index is 12.4. The second kappa shape index (κ2) is 8.20. The standard InChI is InChI=1S/C20H21N3O3/c1-25-18-6-3-5-17(19(18)26-2)13-21-20(24)16-9-7-15(8-10-16)14-23-12-4-11-22-23/h3-12H,13-14H2,1-2H3,(H,21,24). The first-order valence-electron chi connectivity index (χ1n) is 8.25. The number of methoxy groups -OCH3 is 2. The SMILES string of the molecule is COc1cccc(CNC(=O)c2ccc(Cn3cccn3)cc2)c1OC. The summed E-state index contributed by atoms with van der Waals surface area (Å²) in [5, 5.41) is 7.09. The van der Waals surface area contributed by atoms with Gasteiger partial charge in [0, 0.05) is 30.1 Å². The van der Waals surface area contributed by atoms with E-state index in [1.807, 2.05) is 59.4 Å². The van der Waals surface area contributed by atoms with Gasteiger partial charge in [0.15, 0.2) is 11.5 Å². The molecule has 1 N–H and O–H groups in total. The molecule has 0 aliphatic carbocycles. The minimum Gasteiger partial charge on any atom is -0.493 e. The Kier molecular flexibility index (Phi) is 5.53. The summed E-state index contributed by atoms with van der Waals surface area (Å²) in [5.74, 6) is 1.13. The molecule has 0 bridgehead atoms. The van der Waals surface area contributed by atoms with Crippen LogP contribution in [0.15, 0.2) is 60.9 Å². The Morgan fingerprint density at radius 2 is 1.88 bits per heavy atom. The van der Waals surface area contributed by atoms with Crippen LogP contribution in [0, 0.1) is 0 Å². The first kappa shape index (κ1) is 17.5. The molecule has 0 fully saturated rings. The summed E-state index contributed by atoms with van der Waals surface area (Å²) in [6, 6.07) is 15.0. The van der Waals surface area contributed by atoms with Crippen LogP contribution in [0.5, 0.6) is 11.5 Å². The lowest BCUT2D eigenvalue weighted by molar-refractivity contribution is 0.0950. The van der Waals surface area contributed by atoms with Crippen LogP contribution in [-0.4, -0.2) is 29.9 Å². The monoisotopic (exact) mass is 351 g/mol. The molecule has 0 aliphatic heterocycles. The predicted molar refractivity (Wildman–Crippen MR) is 98.5 cm³/mol. The molecule has 0 saturated carbocycles. The molecule has 26 heavy (non-hydrogen) atoms. The van der Waals surface area contributed by atoms with Gasteiger partial charge in [0.2, 0.25) is 0 Å². The second-order valence-corrected chi connectivity index (χ2v) is 5.74. The fraction of sp³-hybridized carbons (Fsp3) is 0.200. The lowest BCUT2D eigenvalue weighted by atomic mass is 10.1. The number of nitrogens with zero attached hydrogens (tertiary/aromatic N) is 2. The molecule has 0 atom stereocenters. The van der Waals surface area contributed by atoms with Gasteiger partial charge in [-0.2, -0.15) is 5.10 Å². The quantitative estimate of drug-likeness (QED) is 0.711. The van der Waals surface area contributed by atoms with Crippen LogP contribution < -0.4 is 14.8 Å². The molecule has 3 aromatic rings. The van der Waals surface area contributed by atoms with Gasteiger partial charge in [0.25, 0.3) is 5.91 Å². The van der Waals surface area contributed by atoms with Crippen LogP contribution in [0.2, 0.25) is 0 Å². The van der Waals surface area contributed by atoms with Gasteiger partial charge in [0.1, 0.15) is 0 Å².